The molecule has 0 spiro atoms. The average Bonchev–Trinajstić information content (AvgIpc) is 1.91. The molecule has 3 heteroatoms. The molecule has 1 rings (SSSR count). The van der Waals surface area contributed by atoms with Gasteiger partial charge in [-0.15, -0.1) is 0 Å². The summed E-state index contributed by atoms with van der Waals surface area (Å²) in [5, 5.41) is 3.70. The molecule has 0 aromatic rings. The van der Waals surface area contributed by atoms with E-state index in [4.69, 9.17) is 0 Å². The molecule has 51 valence electrons. The summed E-state index contributed by atoms with van der Waals surface area (Å²) in [7, 11) is 0. The highest BCUT2D eigenvalue weighted by atomic mass is 32.2. The third kappa shape index (κ3) is 2.37. The van der Waals surface area contributed by atoms with Crippen LogP contribution in [0.3, 0.4) is 0 Å². The van der Waals surface area contributed by atoms with Gasteiger partial charge in [0.05, 0.1) is 0 Å². The first-order valence-corrected chi connectivity index (χ1v) is 4.15. The Hall–Kier alpha value is -0.0200. The smallest absolute Gasteiger partial charge is 0.199 e. The highest BCUT2D eigenvalue weighted by Crippen LogP contribution is 2.14. The predicted octanol–water partition coefficient (Wildman–Crippen LogP) is 0.191. The lowest BCUT2D eigenvalue weighted by molar-refractivity contribution is 0.546. The Labute approximate surface area is 59.4 Å². The van der Waals surface area contributed by atoms with E-state index in [1.165, 1.54) is 0 Å². The molecule has 2 nitrogen and oxygen atoms in total. The van der Waals surface area contributed by atoms with Crippen LogP contribution in [0.1, 0.15) is 6.42 Å². The minimum absolute atomic E-state index is 0.483. The monoisotopic (exact) mass is 144 g/mol. The van der Waals surface area contributed by atoms with Crippen molar-refractivity contribution < 1.29 is 4.79 Å². The van der Waals surface area contributed by atoms with Crippen LogP contribution >= 0.6 is 11.8 Å². The maximum absolute atomic E-state index is 9.91. The van der Waals surface area contributed by atoms with E-state index in [0.29, 0.717) is 11.7 Å². The fourth-order valence-corrected chi connectivity index (χ4v) is 1.86. The number of nitrogens with one attached hydrogen (secondary N) is 1. The van der Waals surface area contributed by atoms with Gasteiger partial charge in [-0.25, -0.2) is 0 Å². The molecule has 1 saturated heterocycles. The van der Waals surface area contributed by atoms with Gasteiger partial charge in [-0.2, -0.15) is 11.8 Å². The van der Waals surface area contributed by atoms with Crippen molar-refractivity contribution in [2.24, 2.45) is 0 Å². The molecule has 0 aromatic carbocycles. The van der Waals surface area contributed by atoms with E-state index in [2.05, 4.69) is 5.32 Å². The number of hydrogen-bond acceptors (Lipinski definition) is 3. The molecule has 0 aromatic heterocycles. The maximum Gasteiger partial charge on any atom is 0.199 e. The van der Waals surface area contributed by atoms with Gasteiger partial charge in [0.2, 0.25) is 0 Å². The molecular weight excluding hydrogens is 134 g/mol. The number of hydrogen-bond donors (Lipinski definition) is 1. The second-order valence-electron chi connectivity index (χ2n) is 2.05. The first kappa shape index (κ1) is 7.09. The average molecular weight is 144 g/mol. The van der Waals surface area contributed by atoms with Crippen molar-refractivity contribution in [3.63, 3.8) is 0 Å². The molecule has 1 heterocycles. The lowest BCUT2D eigenvalue weighted by Crippen LogP contribution is -2.32. The third-order valence-corrected chi connectivity index (χ3v) is 2.56. The first-order valence-electron chi connectivity index (χ1n) is 3.11. The zero-order valence-corrected chi connectivity index (χ0v) is 6.04. The Kier molecular flexibility index (Phi) is 3.08. The summed E-state index contributed by atoms with van der Waals surface area (Å²) in [5.74, 6) is 1.13. The molecule has 9 heavy (non-hydrogen) atoms. The van der Waals surface area contributed by atoms with Crippen molar-refractivity contribution in [3.05, 3.63) is 0 Å². The van der Waals surface area contributed by atoms with E-state index in [0.717, 1.165) is 18.8 Å². The minimum Gasteiger partial charge on any atom is -0.315 e. The molecule has 0 saturated carbocycles. The van der Waals surface area contributed by atoms with Crippen LogP contribution in [-0.4, -0.2) is 30.4 Å². The van der Waals surface area contributed by atoms with Gasteiger partial charge in [0.25, 0.3) is 0 Å². The lowest BCUT2D eigenvalue weighted by Gasteiger charge is -2.19. The van der Waals surface area contributed by atoms with Gasteiger partial charge < -0.3 is 5.32 Å². The van der Waals surface area contributed by atoms with E-state index in [1.54, 1.807) is 0 Å². The summed E-state index contributed by atoms with van der Waals surface area (Å²) in [5.41, 5.74) is 0. The molecule has 1 fully saturated rings. The Morgan fingerprint density at radius 2 is 2.67 bits per heavy atom. The van der Waals surface area contributed by atoms with Crippen molar-refractivity contribution in [2.75, 3.05) is 18.8 Å². The van der Waals surface area contributed by atoms with Gasteiger partial charge in [0.1, 0.15) is 0 Å². The Balaban J connectivity index is 2.15. The van der Waals surface area contributed by atoms with Crippen LogP contribution in [0.2, 0.25) is 0 Å². The summed E-state index contributed by atoms with van der Waals surface area (Å²) in [6.45, 7) is 2.06. The van der Waals surface area contributed by atoms with Crippen LogP contribution in [0, 0.1) is 0 Å². The largest absolute Gasteiger partial charge is 0.315 e. The normalized spacial score (nSPS) is 27.8. The molecule has 1 aliphatic rings. The van der Waals surface area contributed by atoms with E-state index < -0.39 is 0 Å². The molecule has 0 bridgehead atoms. The summed E-state index contributed by atoms with van der Waals surface area (Å²) in [6, 6.07) is 0. The molecule has 1 atom stereocenters. The molecule has 1 N–H and O–H groups in total. The van der Waals surface area contributed by atoms with Crippen molar-refractivity contribution >= 4 is 18.0 Å². The molecule has 0 amide bonds. The van der Waals surface area contributed by atoms with E-state index >= 15 is 0 Å². The second-order valence-corrected chi connectivity index (χ2v) is 3.45. The SMILES string of the molecule is O=[C]CC1CNCCS1. The Morgan fingerprint density at radius 3 is 3.22 bits per heavy atom. The molecule has 1 radical (unpaired) electrons. The zero-order chi connectivity index (χ0) is 6.53. The van der Waals surface area contributed by atoms with Crippen molar-refractivity contribution in [3.8, 4) is 0 Å². The van der Waals surface area contributed by atoms with E-state index in [1.807, 2.05) is 18.0 Å². The summed E-state index contributed by atoms with van der Waals surface area (Å²) in [6.07, 6.45) is 2.51. The fourth-order valence-electron chi connectivity index (χ4n) is 0.844. The Bertz CT molecular complexity index is 91.1. The number of rotatable bonds is 2. The molecular formula is C6H10NOS. The van der Waals surface area contributed by atoms with Gasteiger partial charge in [-0.05, 0) is 0 Å². The van der Waals surface area contributed by atoms with Crippen molar-refractivity contribution in [1.82, 2.24) is 5.32 Å². The van der Waals surface area contributed by atoms with Crippen molar-refractivity contribution in [1.29, 1.82) is 0 Å². The fraction of sp³-hybridized carbons (Fsp3) is 0.833. The van der Waals surface area contributed by atoms with E-state index in [9.17, 15) is 4.79 Å². The Morgan fingerprint density at radius 1 is 1.78 bits per heavy atom. The van der Waals surface area contributed by atoms with Crippen LogP contribution in [-0.2, 0) is 4.79 Å². The lowest BCUT2D eigenvalue weighted by atomic mass is 10.3. The van der Waals surface area contributed by atoms with Crippen LogP contribution in [0.4, 0.5) is 0 Å². The topological polar surface area (TPSA) is 29.1 Å². The quantitative estimate of drug-likeness (QED) is 0.600. The highest BCUT2D eigenvalue weighted by molar-refractivity contribution is 8.00. The molecule has 1 aliphatic heterocycles. The zero-order valence-electron chi connectivity index (χ0n) is 5.22. The molecule has 0 aliphatic carbocycles. The van der Waals surface area contributed by atoms with Gasteiger partial charge >= 0.3 is 0 Å². The third-order valence-electron chi connectivity index (χ3n) is 1.32. The van der Waals surface area contributed by atoms with Crippen LogP contribution in [0.5, 0.6) is 0 Å². The maximum atomic E-state index is 9.91. The van der Waals surface area contributed by atoms with Gasteiger partial charge in [0.15, 0.2) is 6.29 Å². The first-order chi connectivity index (χ1) is 4.43. The van der Waals surface area contributed by atoms with Gasteiger partial charge in [-0.1, -0.05) is 0 Å². The van der Waals surface area contributed by atoms with Gasteiger partial charge in [0, 0.05) is 30.5 Å². The minimum atomic E-state index is 0.483. The standard InChI is InChI=1S/C6H10NOS/c8-3-1-6-5-7-2-4-9-6/h6-7H,1-2,4-5H2. The van der Waals surface area contributed by atoms with Crippen LogP contribution in [0.25, 0.3) is 0 Å². The summed E-state index contributed by atoms with van der Waals surface area (Å²) < 4.78 is 0. The summed E-state index contributed by atoms with van der Waals surface area (Å²) >= 11 is 1.86. The second kappa shape index (κ2) is 3.90. The van der Waals surface area contributed by atoms with Crippen LogP contribution < -0.4 is 5.32 Å². The van der Waals surface area contributed by atoms with Gasteiger partial charge in [-0.3, -0.25) is 4.79 Å². The van der Waals surface area contributed by atoms with Crippen LogP contribution in [0.15, 0.2) is 0 Å². The number of thioether (sulfide) groups is 1. The predicted molar refractivity (Wildman–Crippen MR) is 39.4 cm³/mol. The van der Waals surface area contributed by atoms with E-state index in [-0.39, 0.29) is 0 Å². The molecule has 1 unspecified atom stereocenters. The summed E-state index contributed by atoms with van der Waals surface area (Å²) in [4.78, 5) is 9.91. The number of carbonyl (C=O) groups excluding carboxylic acids is 1. The van der Waals surface area contributed by atoms with Crippen molar-refractivity contribution in [2.45, 2.75) is 11.7 Å². The highest BCUT2D eigenvalue weighted by Gasteiger charge is 2.11.